The highest BCUT2D eigenvalue weighted by atomic mass is 16.3. The molecule has 2 nitrogen and oxygen atoms in total. The first-order chi connectivity index (χ1) is 32.6. The van der Waals surface area contributed by atoms with Crippen LogP contribution < -0.4 is 4.90 Å². The van der Waals surface area contributed by atoms with Crippen LogP contribution >= 0.6 is 0 Å². The minimum absolute atomic E-state index is 0.0759. The Morgan fingerprint density at radius 2 is 0.809 bits per heavy atom. The summed E-state index contributed by atoms with van der Waals surface area (Å²) in [6.45, 7) is 20.8. The molecule has 0 amide bonds. The minimum Gasteiger partial charge on any atom is -0.455 e. The number of rotatable bonds is 5. The first-order valence-corrected chi connectivity index (χ1v) is 24.2. The molecule has 0 unspecified atom stereocenters. The number of benzene rings is 11. The van der Waals surface area contributed by atoms with Crippen molar-refractivity contribution in [3.63, 3.8) is 0 Å². The Morgan fingerprint density at radius 1 is 0.324 bits per heavy atom. The zero-order chi connectivity index (χ0) is 46.9. The average molecular weight is 880 g/mol. The summed E-state index contributed by atoms with van der Waals surface area (Å²) in [5.41, 5.74) is 13.9. The molecule has 0 aliphatic rings. The topological polar surface area (TPSA) is 16.4 Å². The number of fused-ring (bicyclic) bond motifs is 7. The Kier molecular flexibility index (Phi) is 9.29. The van der Waals surface area contributed by atoms with Crippen molar-refractivity contribution < 1.29 is 4.42 Å². The molecule has 68 heavy (non-hydrogen) atoms. The molecule has 2 heteroatoms. The number of anilines is 3. The molecule has 0 N–H and O–H groups in total. The van der Waals surface area contributed by atoms with Crippen molar-refractivity contribution in [2.45, 2.75) is 78.6 Å². The number of nitrogens with zero attached hydrogens (tertiary/aromatic N) is 1. The van der Waals surface area contributed by atoms with Crippen molar-refractivity contribution in [1.82, 2.24) is 0 Å². The van der Waals surface area contributed by atoms with Crippen LogP contribution in [0.2, 0.25) is 0 Å². The molecule has 0 fully saturated rings. The summed E-state index contributed by atoms with van der Waals surface area (Å²) < 4.78 is 7.38. The fourth-order valence-corrected chi connectivity index (χ4v) is 10.7. The molecule has 0 spiro atoms. The van der Waals surface area contributed by atoms with Gasteiger partial charge in [-0.3, -0.25) is 0 Å². The lowest BCUT2D eigenvalue weighted by Gasteiger charge is -2.26. The SMILES string of the molecule is CC(C)(C)c1ccc(-c2ccc(-c3cc4cc(C(C)(C)C)cc5c6c7ccc(N(c8ccc9ccccc9c8)c8ccc9ccccc9c8)cc7oc6c6cc(C(C)(C)C)cc3c6c45)cc2)cc1. The Morgan fingerprint density at radius 3 is 1.40 bits per heavy atom. The van der Waals surface area contributed by atoms with Gasteiger partial charge in [-0.15, -0.1) is 0 Å². The van der Waals surface area contributed by atoms with E-state index in [1.807, 2.05) is 0 Å². The third-order valence-corrected chi connectivity index (χ3v) is 14.6. The van der Waals surface area contributed by atoms with E-state index in [9.17, 15) is 0 Å². The summed E-state index contributed by atoms with van der Waals surface area (Å²) in [4.78, 5) is 2.38. The van der Waals surface area contributed by atoms with Gasteiger partial charge in [0.15, 0.2) is 0 Å². The molecule has 0 saturated heterocycles. The van der Waals surface area contributed by atoms with E-state index in [1.165, 1.54) is 98.2 Å². The van der Waals surface area contributed by atoms with E-state index in [4.69, 9.17) is 4.42 Å². The fourth-order valence-electron chi connectivity index (χ4n) is 10.7. The molecule has 0 atom stereocenters. The zero-order valence-electron chi connectivity index (χ0n) is 40.7. The van der Waals surface area contributed by atoms with Gasteiger partial charge in [-0.1, -0.05) is 178 Å². The molecule has 0 bridgehead atoms. The summed E-state index contributed by atoms with van der Waals surface area (Å²) in [5.74, 6) is 0. The summed E-state index contributed by atoms with van der Waals surface area (Å²) in [7, 11) is 0. The number of hydrogen-bond donors (Lipinski definition) is 0. The van der Waals surface area contributed by atoms with Crippen LogP contribution in [0.1, 0.15) is 79.0 Å². The van der Waals surface area contributed by atoms with Crippen molar-refractivity contribution in [2.75, 3.05) is 4.90 Å². The van der Waals surface area contributed by atoms with Crippen LogP contribution in [-0.2, 0) is 16.2 Å². The van der Waals surface area contributed by atoms with Gasteiger partial charge in [-0.05, 0) is 159 Å². The van der Waals surface area contributed by atoms with Gasteiger partial charge in [-0.2, -0.15) is 0 Å². The monoisotopic (exact) mass is 879 g/mol. The van der Waals surface area contributed by atoms with Gasteiger partial charge in [-0.25, -0.2) is 0 Å². The molecule has 12 rings (SSSR count). The van der Waals surface area contributed by atoms with Crippen molar-refractivity contribution in [2.24, 2.45) is 0 Å². The molecule has 0 aliphatic heterocycles. The lowest BCUT2D eigenvalue weighted by atomic mass is 9.78. The van der Waals surface area contributed by atoms with E-state index in [2.05, 4.69) is 249 Å². The van der Waals surface area contributed by atoms with Gasteiger partial charge in [0.05, 0.1) is 0 Å². The molecule has 0 aliphatic carbocycles. The van der Waals surface area contributed by atoms with E-state index < -0.39 is 0 Å². The molecule has 11 aromatic carbocycles. The molecular weight excluding hydrogens is 823 g/mol. The molecule has 12 aromatic rings. The highest BCUT2D eigenvalue weighted by Crippen LogP contribution is 2.51. The van der Waals surface area contributed by atoms with E-state index in [0.717, 1.165) is 33.6 Å². The van der Waals surface area contributed by atoms with Gasteiger partial charge < -0.3 is 9.32 Å². The molecule has 1 heterocycles. The Hall–Kier alpha value is -7.42. The Bertz CT molecular complexity index is 3860. The van der Waals surface area contributed by atoms with Crippen molar-refractivity contribution >= 4 is 92.9 Å². The van der Waals surface area contributed by atoms with Crippen molar-refractivity contribution in [3.8, 4) is 22.3 Å². The predicted molar refractivity (Wildman–Crippen MR) is 294 cm³/mol. The fraction of sp³-hybridized carbons (Fsp3) is 0.182. The quantitative estimate of drug-likeness (QED) is 0.160. The lowest BCUT2D eigenvalue weighted by molar-refractivity contribution is 0.590. The maximum atomic E-state index is 7.38. The Labute approximate surface area is 399 Å². The van der Waals surface area contributed by atoms with Gasteiger partial charge in [0, 0.05) is 44.7 Å². The normalized spacial score (nSPS) is 12.8. The first kappa shape index (κ1) is 42.0. The minimum atomic E-state index is -0.101. The summed E-state index contributed by atoms with van der Waals surface area (Å²) >= 11 is 0. The maximum Gasteiger partial charge on any atom is 0.143 e. The second-order valence-corrected chi connectivity index (χ2v) is 22.3. The summed E-state index contributed by atoms with van der Waals surface area (Å²) in [6, 6.07) is 68.2. The molecular formula is C66H57NO. The number of furan rings is 1. The van der Waals surface area contributed by atoms with Crippen LogP contribution in [0.3, 0.4) is 0 Å². The van der Waals surface area contributed by atoms with Crippen LogP contribution in [0.25, 0.3) is 98.1 Å². The van der Waals surface area contributed by atoms with Gasteiger partial charge in [0.25, 0.3) is 0 Å². The van der Waals surface area contributed by atoms with Crippen molar-refractivity contribution in [3.05, 3.63) is 199 Å². The third-order valence-electron chi connectivity index (χ3n) is 14.6. The molecule has 332 valence electrons. The maximum absolute atomic E-state index is 7.38. The van der Waals surface area contributed by atoms with Crippen LogP contribution in [0.4, 0.5) is 17.1 Å². The second kappa shape index (κ2) is 15.0. The van der Waals surface area contributed by atoms with E-state index in [1.54, 1.807) is 0 Å². The average Bonchev–Trinajstić information content (AvgIpc) is 3.72. The van der Waals surface area contributed by atoms with Crippen LogP contribution in [-0.4, -0.2) is 0 Å². The smallest absolute Gasteiger partial charge is 0.143 e. The van der Waals surface area contributed by atoms with Gasteiger partial charge in [0.2, 0.25) is 0 Å². The third kappa shape index (κ3) is 6.92. The van der Waals surface area contributed by atoms with Gasteiger partial charge in [0.1, 0.15) is 11.2 Å². The molecule has 0 radical (unpaired) electrons. The lowest BCUT2D eigenvalue weighted by Crippen LogP contribution is -2.12. The van der Waals surface area contributed by atoms with Crippen molar-refractivity contribution in [1.29, 1.82) is 0 Å². The van der Waals surface area contributed by atoms with E-state index in [-0.39, 0.29) is 16.2 Å². The summed E-state index contributed by atoms with van der Waals surface area (Å²) in [6.07, 6.45) is 0. The largest absolute Gasteiger partial charge is 0.455 e. The van der Waals surface area contributed by atoms with Crippen LogP contribution in [0.5, 0.6) is 0 Å². The highest BCUT2D eigenvalue weighted by molar-refractivity contribution is 6.38. The van der Waals surface area contributed by atoms with Crippen LogP contribution in [0, 0.1) is 0 Å². The summed E-state index contributed by atoms with van der Waals surface area (Å²) in [5, 5.41) is 14.7. The first-order valence-electron chi connectivity index (χ1n) is 24.2. The van der Waals surface area contributed by atoms with E-state index in [0.29, 0.717) is 0 Å². The number of hydrogen-bond acceptors (Lipinski definition) is 2. The second-order valence-electron chi connectivity index (χ2n) is 22.3. The van der Waals surface area contributed by atoms with E-state index >= 15 is 0 Å². The Balaban J connectivity index is 1.11. The zero-order valence-corrected chi connectivity index (χ0v) is 40.7. The van der Waals surface area contributed by atoms with Gasteiger partial charge >= 0.3 is 0 Å². The van der Waals surface area contributed by atoms with Crippen LogP contribution in [0.15, 0.2) is 186 Å². The molecule has 0 saturated carbocycles. The standard InChI is InChI=1S/C66H57NO/c1-64(2,3)48-26-22-43(23-27-48)42-18-20-44(21-19-42)55-35-47-32-49(65(4,5)6)37-57-60(47)61-56(55)36-50(66(7,8)9)38-58(61)63-62(57)54-31-30-53(39-59(54)68-63)67(51-28-24-40-14-10-12-16-45(40)33-51)52-29-25-41-15-11-13-17-46(41)34-52/h10-39H,1-9H3. The highest BCUT2D eigenvalue weighted by Gasteiger charge is 2.27. The predicted octanol–water partition coefficient (Wildman–Crippen LogP) is 19.5. The molecule has 1 aromatic heterocycles.